The molecule has 0 atom stereocenters. The number of carbonyl (C=O) groups excluding carboxylic acids is 1. The molecule has 14 heteroatoms. The van der Waals surface area contributed by atoms with Gasteiger partial charge in [0, 0.05) is 31.4 Å². The highest BCUT2D eigenvalue weighted by atomic mass is 35.5. The van der Waals surface area contributed by atoms with Gasteiger partial charge in [0.1, 0.15) is 16.5 Å². The van der Waals surface area contributed by atoms with Crippen LogP contribution in [-0.2, 0) is 11.2 Å². The molecular formula is C27H28Cl2F4N4O4. The van der Waals surface area contributed by atoms with E-state index >= 15 is 0 Å². The molecule has 0 radical (unpaired) electrons. The number of rotatable bonds is 4. The molecule has 8 nitrogen and oxygen atoms in total. The van der Waals surface area contributed by atoms with Crippen LogP contribution in [0.2, 0.25) is 10.2 Å². The first-order valence-corrected chi connectivity index (χ1v) is 13.8. The highest BCUT2D eigenvalue weighted by molar-refractivity contribution is 6.42. The summed E-state index contributed by atoms with van der Waals surface area (Å²) in [6, 6.07) is 6.09. The van der Waals surface area contributed by atoms with Gasteiger partial charge in [-0.2, -0.15) is 13.2 Å². The third kappa shape index (κ3) is 7.22. The topological polar surface area (TPSA) is 107 Å². The zero-order valence-electron chi connectivity index (χ0n) is 21.7. The number of amides is 1. The van der Waals surface area contributed by atoms with Crippen LogP contribution in [0.1, 0.15) is 47.3 Å². The van der Waals surface area contributed by atoms with Crippen LogP contribution in [0.15, 0.2) is 35.3 Å². The molecule has 41 heavy (non-hydrogen) atoms. The van der Waals surface area contributed by atoms with Crippen molar-refractivity contribution < 1.29 is 32.3 Å². The molecule has 3 N–H and O–H groups in total. The van der Waals surface area contributed by atoms with Crippen molar-refractivity contribution in [2.75, 3.05) is 26.2 Å². The maximum atomic E-state index is 14.7. The number of aromatic amines is 1. The number of nitrogens with one attached hydrogen (secondary N) is 2. The van der Waals surface area contributed by atoms with Crippen LogP contribution >= 0.6 is 23.2 Å². The molecule has 0 bridgehead atoms. The van der Waals surface area contributed by atoms with Crippen molar-refractivity contribution in [3.63, 3.8) is 0 Å². The number of carboxylic acid groups (broad SMARTS) is 1. The van der Waals surface area contributed by atoms with Crippen LogP contribution in [0.25, 0.3) is 5.52 Å². The molecule has 4 heterocycles. The Labute approximate surface area is 242 Å². The van der Waals surface area contributed by atoms with Crippen molar-refractivity contribution in [3.05, 3.63) is 73.6 Å². The first kappa shape index (κ1) is 30.9. The monoisotopic (exact) mass is 618 g/mol. The maximum absolute atomic E-state index is 14.7. The number of H-pyrrole nitrogens is 1. The molecule has 222 valence electrons. The lowest BCUT2D eigenvalue weighted by Gasteiger charge is -2.37. The van der Waals surface area contributed by atoms with E-state index in [2.05, 4.69) is 10.3 Å². The van der Waals surface area contributed by atoms with Crippen LogP contribution in [0.4, 0.5) is 17.6 Å². The summed E-state index contributed by atoms with van der Waals surface area (Å²) in [5.74, 6) is -2.18. The molecule has 0 unspecified atom stereocenters. The van der Waals surface area contributed by atoms with Crippen molar-refractivity contribution in [2.24, 2.45) is 11.8 Å². The Kier molecular flexibility index (Phi) is 9.66. The molecule has 2 saturated heterocycles. The van der Waals surface area contributed by atoms with E-state index in [1.54, 1.807) is 27.6 Å². The Morgan fingerprint density at radius 3 is 2.24 bits per heavy atom. The zero-order chi connectivity index (χ0) is 29.9. The summed E-state index contributed by atoms with van der Waals surface area (Å²) >= 11 is 12.4. The summed E-state index contributed by atoms with van der Waals surface area (Å²) in [5, 5.41) is 11.1. The van der Waals surface area contributed by atoms with Crippen molar-refractivity contribution in [2.45, 2.75) is 38.3 Å². The molecular weight excluding hydrogens is 591 g/mol. The quantitative estimate of drug-likeness (QED) is 0.351. The summed E-state index contributed by atoms with van der Waals surface area (Å²) in [7, 11) is 0. The van der Waals surface area contributed by atoms with Crippen LogP contribution < -0.4 is 10.9 Å². The van der Waals surface area contributed by atoms with Gasteiger partial charge in [-0.05, 0) is 74.4 Å². The van der Waals surface area contributed by atoms with Gasteiger partial charge in [-0.3, -0.25) is 14.0 Å². The minimum absolute atomic E-state index is 0.0788. The van der Waals surface area contributed by atoms with Gasteiger partial charge in [0.2, 0.25) is 0 Å². The number of carboxylic acids is 1. The van der Waals surface area contributed by atoms with Crippen LogP contribution in [-0.4, -0.2) is 63.6 Å². The van der Waals surface area contributed by atoms with Crippen molar-refractivity contribution >= 4 is 40.6 Å². The lowest BCUT2D eigenvalue weighted by molar-refractivity contribution is -0.192. The van der Waals surface area contributed by atoms with Gasteiger partial charge in [0.05, 0.1) is 10.6 Å². The van der Waals surface area contributed by atoms with Gasteiger partial charge in [-0.1, -0.05) is 29.3 Å². The molecule has 0 spiro atoms. The van der Waals surface area contributed by atoms with Gasteiger partial charge >= 0.3 is 12.1 Å². The Morgan fingerprint density at radius 1 is 1.02 bits per heavy atom. The van der Waals surface area contributed by atoms with Crippen molar-refractivity contribution in [1.82, 2.24) is 19.6 Å². The Balaban J connectivity index is 0.000000493. The molecule has 2 fully saturated rings. The van der Waals surface area contributed by atoms with E-state index in [9.17, 15) is 27.2 Å². The zero-order valence-corrected chi connectivity index (χ0v) is 23.3. The molecule has 2 aliphatic heterocycles. The average molecular weight is 619 g/mol. The normalized spacial score (nSPS) is 16.9. The van der Waals surface area contributed by atoms with E-state index in [-0.39, 0.29) is 27.2 Å². The average Bonchev–Trinajstić information content (AvgIpc) is 3.26. The molecule has 2 aliphatic rings. The summed E-state index contributed by atoms with van der Waals surface area (Å²) < 4.78 is 48.0. The maximum Gasteiger partial charge on any atom is 0.490 e. The fourth-order valence-corrected chi connectivity index (χ4v) is 5.88. The van der Waals surface area contributed by atoms with Crippen molar-refractivity contribution in [3.8, 4) is 0 Å². The highest BCUT2D eigenvalue weighted by Crippen LogP contribution is 2.32. The van der Waals surface area contributed by atoms with Crippen molar-refractivity contribution in [1.29, 1.82) is 0 Å². The van der Waals surface area contributed by atoms with E-state index in [0.717, 1.165) is 37.4 Å². The third-order valence-corrected chi connectivity index (χ3v) is 8.31. The van der Waals surface area contributed by atoms with Gasteiger partial charge in [0.15, 0.2) is 0 Å². The van der Waals surface area contributed by atoms with Crippen LogP contribution in [0, 0.1) is 17.7 Å². The summed E-state index contributed by atoms with van der Waals surface area (Å²) in [4.78, 5) is 38.7. The van der Waals surface area contributed by atoms with Gasteiger partial charge < -0.3 is 20.3 Å². The lowest BCUT2D eigenvalue weighted by atomic mass is 9.79. The summed E-state index contributed by atoms with van der Waals surface area (Å²) in [6.45, 7) is 3.47. The number of nitrogens with zero attached hydrogens (tertiary/aromatic N) is 2. The Hall–Kier alpha value is -3.09. The fraction of sp³-hybridized carbons (Fsp3) is 0.444. The largest absolute Gasteiger partial charge is 0.490 e. The minimum atomic E-state index is -5.08. The van der Waals surface area contributed by atoms with E-state index in [0.29, 0.717) is 36.6 Å². The first-order valence-electron chi connectivity index (χ1n) is 13.0. The van der Waals surface area contributed by atoms with Gasteiger partial charge in [0.25, 0.3) is 11.5 Å². The van der Waals surface area contributed by atoms with E-state index in [1.165, 1.54) is 25.0 Å². The lowest BCUT2D eigenvalue weighted by Crippen LogP contribution is -2.42. The first-order chi connectivity index (χ1) is 19.4. The SMILES string of the molecule is O=C(O)C(F)(F)F.O=C(c1cc(Cc2c[nH]c(=O)c3cc(Cl)c(Cl)n23)ccc1F)N1CCC(C2CCNCC2)CC1. The number of fused-ring (bicyclic) bond motifs is 1. The summed E-state index contributed by atoms with van der Waals surface area (Å²) in [6.07, 6.45) is 1.16. The molecule has 1 aromatic carbocycles. The third-order valence-electron chi connectivity index (χ3n) is 7.55. The Bertz CT molecular complexity index is 1480. The fourth-order valence-electron chi connectivity index (χ4n) is 5.44. The van der Waals surface area contributed by atoms with Gasteiger partial charge in [-0.25, -0.2) is 9.18 Å². The molecule has 0 saturated carbocycles. The summed E-state index contributed by atoms with van der Waals surface area (Å²) in [5.41, 5.74) is 1.53. The number of alkyl halides is 3. The number of hydrogen-bond donors (Lipinski definition) is 3. The number of benzene rings is 1. The smallest absolute Gasteiger partial charge is 0.475 e. The minimum Gasteiger partial charge on any atom is -0.475 e. The standard InChI is InChI=1S/C25H27Cl2FN4O2.C2HF3O2/c26-20-13-22-24(33)30-14-18(32(22)23(20)27)11-15-1-2-21(28)19(12-15)25(34)31-9-5-17(6-10-31)16-3-7-29-8-4-16;3-2(4,5)1(6)7/h1-2,12-14,16-17,29H,3-11H2,(H,30,33);(H,6,7). The molecule has 3 aromatic rings. The number of hydrogen-bond acceptors (Lipinski definition) is 4. The Morgan fingerprint density at radius 2 is 1.63 bits per heavy atom. The van der Waals surface area contributed by atoms with E-state index < -0.39 is 18.0 Å². The number of likely N-dealkylation sites (tertiary alicyclic amines) is 1. The predicted molar refractivity (Wildman–Crippen MR) is 145 cm³/mol. The molecule has 5 rings (SSSR count). The van der Waals surface area contributed by atoms with Crippen LogP contribution in [0.5, 0.6) is 0 Å². The highest BCUT2D eigenvalue weighted by Gasteiger charge is 2.38. The van der Waals surface area contributed by atoms with Crippen LogP contribution in [0.3, 0.4) is 0 Å². The molecule has 0 aliphatic carbocycles. The molecule has 2 aromatic heterocycles. The number of aliphatic carboxylic acids is 1. The van der Waals surface area contributed by atoms with E-state index in [4.69, 9.17) is 33.1 Å². The number of halogens is 6. The number of aromatic nitrogens is 2. The number of carbonyl (C=O) groups is 2. The van der Waals surface area contributed by atoms with E-state index in [1.807, 2.05) is 0 Å². The predicted octanol–water partition coefficient (Wildman–Crippen LogP) is 5.15. The second kappa shape index (κ2) is 12.8. The second-order valence-electron chi connectivity index (χ2n) is 10.1. The van der Waals surface area contributed by atoms with Gasteiger partial charge in [-0.15, -0.1) is 0 Å². The second-order valence-corrected chi connectivity index (χ2v) is 10.9. The molecule has 1 amide bonds. The number of piperidine rings is 2.